The number of hydrogen-bond acceptors (Lipinski definition) is 6. The van der Waals surface area contributed by atoms with E-state index in [1.807, 2.05) is 69.3 Å². The van der Waals surface area contributed by atoms with Crippen LogP contribution in [0.5, 0.6) is 5.75 Å². The van der Waals surface area contributed by atoms with Crippen LogP contribution in [-0.4, -0.2) is 47.8 Å². The SMILES string of the molecule is CCOc1ccc(NC(=O)COC(=O)[C@H](CC(C)C)N2C(=O)[C@H]3C4c5ccccc5C(c5ccccc54)[C@@H]3C2=O)cc1. The number of amides is 3. The van der Waals surface area contributed by atoms with Crippen molar-refractivity contribution in [1.29, 1.82) is 0 Å². The molecule has 0 saturated carbocycles. The Kier molecular flexibility index (Phi) is 7.31. The van der Waals surface area contributed by atoms with Gasteiger partial charge in [-0.15, -0.1) is 0 Å². The second-order valence-corrected chi connectivity index (χ2v) is 11.6. The number of hydrogen-bond donors (Lipinski definition) is 1. The molecule has 3 atom stereocenters. The predicted octanol–water partition coefficient (Wildman–Crippen LogP) is 4.87. The average Bonchev–Trinajstić information content (AvgIpc) is 3.25. The Morgan fingerprint density at radius 1 is 0.810 bits per heavy atom. The minimum absolute atomic E-state index is 0.00502. The van der Waals surface area contributed by atoms with E-state index >= 15 is 0 Å². The number of carbonyl (C=O) groups excluding carboxylic acids is 4. The van der Waals surface area contributed by atoms with E-state index in [4.69, 9.17) is 9.47 Å². The molecule has 0 unspecified atom stereocenters. The zero-order valence-electron chi connectivity index (χ0n) is 23.9. The fourth-order valence-electron chi connectivity index (χ4n) is 6.99. The highest BCUT2D eigenvalue weighted by molar-refractivity contribution is 6.10. The molecule has 1 N–H and O–H groups in total. The molecule has 0 spiro atoms. The zero-order chi connectivity index (χ0) is 29.5. The van der Waals surface area contributed by atoms with Crippen LogP contribution in [0.25, 0.3) is 0 Å². The van der Waals surface area contributed by atoms with Gasteiger partial charge in [0.05, 0.1) is 18.4 Å². The van der Waals surface area contributed by atoms with Gasteiger partial charge in [0.1, 0.15) is 11.8 Å². The monoisotopic (exact) mass is 566 g/mol. The van der Waals surface area contributed by atoms with Crippen LogP contribution < -0.4 is 10.1 Å². The second-order valence-electron chi connectivity index (χ2n) is 11.6. The standard InChI is InChI=1S/C34H34N2O6/c1-4-41-21-15-13-20(14-16-21)35-27(37)18-42-34(40)26(17-19(2)3)36-32(38)30-28-22-9-5-6-10-23(22)29(31(30)33(36)39)25-12-8-7-11-24(25)28/h5-16,19,26,28-31H,4,17-18H2,1-3H3,(H,35,37)/t26-,28?,29?,30-,31-/m0/s1. The van der Waals surface area contributed by atoms with E-state index in [2.05, 4.69) is 5.32 Å². The fourth-order valence-corrected chi connectivity index (χ4v) is 6.99. The number of likely N-dealkylation sites (tertiary alicyclic amines) is 1. The largest absolute Gasteiger partial charge is 0.494 e. The fraction of sp³-hybridized carbons (Fsp3) is 0.353. The lowest BCUT2D eigenvalue weighted by Crippen LogP contribution is -2.47. The summed E-state index contributed by atoms with van der Waals surface area (Å²) in [4.78, 5) is 55.5. The van der Waals surface area contributed by atoms with Crippen molar-refractivity contribution in [3.63, 3.8) is 0 Å². The van der Waals surface area contributed by atoms with Crippen LogP contribution in [0.3, 0.4) is 0 Å². The van der Waals surface area contributed by atoms with Gasteiger partial charge in [-0.25, -0.2) is 4.79 Å². The van der Waals surface area contributed by atoms with Crippen LogP contribution in [0.4, 0.5) is 5.69 Å². The predicted molar refractivity (Wildman–Crippen MR) is 156 cm³/mol. The summed E-state index contributed by atoms with van der Waals surface area (Å²) in [5.74, 6) is -2.98. The van der Waals surface area contributed by atoms with E-state index in [9.17, 15) is 19.2 Å². The smallest absolute Gasteiger partial charge is 0.329 e. The van der Waals surface area contributed by atoms with Crippen molar-refractivity contribution in [3.8, 4) is 5.75 Å². The summed E-state index contributed by atoms with van der Waals surface area (Å²) in [5.41, 5.74) is 4.80. The summed E-state index contributed by atoms with van der Waals surface area (Å²) in [6.07, 6.45) is 0.242. The molecule has 8 nitrogen and oxygen atoms in total. The molecule has 3 aromatic carbocycles. The minimum atomic E-state index is -1.11. The summed E-state index contributed by atoms with van der Waals surface area (Å²) in [7, 11) is 0. The van der Waals surface area contributed by atoms with Crippen LogP contribution in [0.1, 0.15) is 61.3 Å². The summed E-state index contributed by atoms with van der Waals surface area (Å²) < 4.78 is 10.9. The van der Waals surface area contributed by atoms with Gasteiger partial charge in [-0.05, 0) is 65.8 Å². The molecule has 3 aliphatic carbocycles. The lowest BCUT2D eigenvalue weighted by atomic mass is 9.55. The molecule has 7 rings (SSSR count). The Hall–Kier alpha value is -4.46. The average molecular weight is 567 g/mol. The maximum absolute atomic E-state index is 14.1. The third-order valence-corrected chi connectivity index (χ3v) is 8.56. The Morgan fingerprint density at radius 3 is 1.76 bits per heavy atom. The van der Waals surface area contributed by atoms with Gasteiger partial charge in [-0.1, -0.05) is 62.4 Å². The first-order chi connectivity index (χ1) is 20.3. The van der Waals surface area contributed by atoms with Crippen molar-refractivity contribution in [2.24, 2.45) is 17.8 Å². The molecule has 42 heavy (non-hydrogen) atoms. The molecule has 1 heterocycles. The van der Waals surface area contributed by atoms with Crippen molar-refractivity contribution in [1.82, 2.24) is 4.90 Å². The van der Waals surface area contributed by atoms with E-state index < -0.39 is 36.4 Å². The van der Waals surface area contributed by atoms with Crippen molar-refractivity contribution in [2.75, 3.05) is 18.5 Å². The van der Waals surface area contributed by atoms with Crippen LogP contribution in [0, 0.1) is 17.8 Å². The number of benzene rings is 3. The Balaban J connectivity index is 1.23. The highest BCUT2D eigenvalue weighted by Gasteiger charge is 2.63. The van der Waals surface area contributed by atoms with Crippen LogP contribution in [0.15, 0.2) is 72.8 Å². The number of nitrogens with one attached hydrogen (secondary N) is 1. The number of carbonyl (C=O) groups is 4. The molecule has 0 radical (unpaired) electrons. The molecule has 1 fully saturated rings. The first-order valence-electron chi connectivity index (χ1n) is 14.5. The van der Waals surface area contributed by atoms with Gasteiger partial charge in [0.2, 0.25) is 11.8 Å². The normalized spacial score (nSPS) is 22.3. The van der Waals surface area contributed by atoms with Gasteiger partial charge in [-0.2, -0.15) is 0 Å². The quantitative estimate of drug-likeness (QED) is 0.293. The molecule has 4 aliphatic rings. The van der Waals surface area contributed by atoms with E-state index in [0.717, 1.165) is 27.2 Å². The van der Waals surface area contributed by atoms with E-state index in [0.29, 0.717) is 18.0 Å². The molecule has 1 aliphatic heterocycles. The number of ether oxygens (including phenoxy) is 2. The first kappa shape index (κ1) is 27.7. The summed E-state index contributed by atoms with van der Waals surface area (Å²) in [6, 6.07) is 21.8. The maximum Gasteiger partial charge on any atom is 0.329 e. The molecule has 3 amide bonds. The van der Waals surface area contributed by atoms with Crippen LogP contribution in [-0.2, 0) is 23.9 Å². The van der Waals surface area contributed by atoms with Gasteiger partial charge < -0.3 is 14.8 Å². The van der Waals surface area contributed by atoms with E-state index in [-0.39, 0.29) is 36.0 Å². The minimum Gasteiger partial charge on any atom is -0.494 e. The highest BCUT2D eigenvalue weighted by Crippen LogP contribution is 2.61. The maximum atomic E-state index is 14.1. The molecule has 2 bridgehead atoms. The van der Waals surface area contributed by atoms with Crippen LogP contribution >= 0.6 is 0 Å². The van der Waals surface area contributed by atoms with Gasteiger partial charge in [0.15, 0.2) is 6.61 Å². The number of nitrogens with zero attached hydrogens (tertiary/aromatic N) is 1. The molecule has 8 heteroatoms. The Labute approximate surface area is 245 Å². The number of esters is 1. The summed E-state index contributed by atoms with van der Waals surface area (Å²) >= 11 is 0. The van der Waals surface area contributed by atoms with Crippen LogP contribution in [0.2, 0.25) is 0 Å². The molecule has 0 aromatic heterocycles. The molecule has 1 saturated heterocycles. The summed E-state index contributed by atoms with van der Waals surface area (Å²) in [5, 5.41) is 2.69. The number of anilines is 1. The van der Waals surface area contributed by atoms with Crippen molar-refractivity contribution in [3.05, 3.63) is 95.1 Å². The van der Waals surface area contributed by atoms with E-state index in [1.165, 1.54) is 0 Å². The molecule has 3 aromatic rings. The van der Waals surface area contributed by atoms with Gasteiger partial charge >= 0.3 is 5.97 Å². The van der Waals surface area contributed by atoms with Gasteiger partial charge in [-0.3, -0.25) is 19.3 Å². The molecular weight excluding hydrogens is 532 g/mol. The topological polar surface area (TPSA) is 102 Å². The van der Waals surface area contributed by atoms with Gasteiger partial charge in [0, 0.05) is 17.5 Å². The summed E-state index contributed by atoms with van der Waals surface area (Å²) in [6.45, 7) is 5.73. The lowest BCUT2D eigenvalue weighted by Gasteiger charge is -2.45. The molecular formula is C34H34N2O6. The lowest BCUT2D eigenvalue weighted by molar-refractivity contribution is -0.160. The third-order valence-electron chi connectivity index (χ3n) is 8.56. The van der Waals surface area contributed by atoms with Gasteiger partial charge in [0.25, 0.3) is 5.91 Å². The second kappa shape index (κ2) is 11.1. The van der Waals surface area contributed by atoms with Crippen molar-refractivity contribution < 1.29 is 28.7 Å². The first-order valence-corrected chi connectivity index (χ1v) is 14.5. The Morgan fingerprint density at radius 2 is 1.31 bits per heavy atom. The third kappa shape index (κ3) is 4.65. The van der Waals surface area contributed by atoms with E-state index in [1.54, 1.807) is 24.3 Å². The number of rotatable bonds is 9. The zero-order valence-corrected chi connectivity index (χ0v) is 23.9. The molecule has 216 valence electrons. The Bertz CT molecular complexity index is 1430. The van der Waals surface area contributed by atoms with Crippen molar-refractivity contribution in [2.45, 2.75) is 45.1 Å². The highest BCUT2D eigenvalue weighted by atomic mass is 16.5. The number of imide groups is 1. The van der Waals surface area contributed by atoms with Crippen molar-refractivity contribution >= 4 is 29.4 Å².